The van der Waals surface area contributed by atoms with Gasteiger partial charge in [-0.05, 0) is 49.2 Å². The number of aryl methyl sites for hydroxylation is 2. The first-order valence-corrected chi connectivity index (χ1v) is 9.65. The molecule has 2 aliphatic heterocycles. The van der Waals surface area contributed by atoms with Gasteiger partial charge in [0.25, 0.3) is 5.91 Å². The lowest BCUT2D eigenvalue weighted by molar-refractivity contribution is 0.0741. The van der Waals surface area contributed by atoms with Crippen molar-refractivity contribution in [2.24, 2.45) is 0 Å². The van der Waals surface area contributed by atoms with Crippen LogP contribution in [0.25, 0.3) is 0 Å². The summed E-state index contributed by atoms with van der Waals surface area (Å²) in [7, 11) is 0. The van der Waals surface area contributed by atoms with Gasteiger partial charge in [-0.15, -0.1) is 0 Å². The second kappa shape index (κ2) is 7.50. The molecule has 2 aliphatic rings. The average molecular weight is 379 g/mol. The molecule has 0 bridgehead atoms. The maximum Gasteiger partial charge on any atom is 0.322 e. The maximum absolute atomic E-state index is 12.8. The summed E-state index contributed by atoms with van der Waals surface area (Å²) in [4.78, 5) is 34.7. The number of hydrogen-bond acceptors (Lipinski definition) is 4. The third kappa shape index (κ3) is 3.65. The fourth-order valence-electron chi connectivity index (χ4n) is 3.85. The van der Waals surface area contributed by atoms with Crippen LogP contribution in [-0.4, -0.2) is 61.1 Å². The molecule has 0 radical (unpaired) electrons. The van der Waals surface area contributed by atoms with Crippen molar-refractivity contribution < 1.29 is 9.59 Å². The summed E-state index contributed by atoms with van der Waals surface area (Å²) in [5, 5.41) is 2.76. The van der Waals surface area contributed by atoms with Crippen molar-refractivity contribution >= 4 is 23.3 Å². The van der Waals surface area contributed by atoms with Crippen LogP contribution in [0.4, 0.5) is 16.2 Å². The van der Waals surface area contributed by atoms with Gasteiger partial charge in [0.05, 0.1) is 11.9 Å². The van der Waals surface area contributed by atoms with Crippen molar-refractivity contribution in [3.63, 3.8) is 0 Å². The van der Waals surface area contributed by atoms with E-state index in [2.05, 4.69) is 47.2 Å². The number of hydrogen-bond donors (Lipinski definition) is 1. The molecule has 3 heterocycles. The second-order valence-corrected chi connectivity index (χ2v) is 7.41. The van der Waals surface area contributed by atoms with Gasteiger partial charge in [-0.2, -0.15) is 0 Å². The minimum Gasteiger partial charge on any atom is -0.368 e. The number of urea groups is 1. The number of carbonyl (C=O) groups excluding carboxylic acids is 2. The number of pyridine rings is 1. The van der Waals surface area contributed by atoms with Gasteiger partial charge >= 0.3 is 6.03 Å². The Bertz CT molecular complexity index is 868. The quantitative estimate of drug-likeness (QED) is 0.888. The number of rotatable bonds is 3. The highest BCUT2D eigenvalue weighted by Crippen LogP contribution is 2.21. The van der Waals surface area contributed by atoms with Crippen LogP contribution in [0, 0.1) is 13.8 Å². The summed E-state index contributed by atoms with van der Waals surface area (Å²) in [6.07, 6.45) is 1.60. The molecule has 146 valence electrons. The molecule has 2 saturated heterocycles. The summed E-state index contributed by atoms with van der Waals surface area (Å²) in [5.41, 5.74) is 4.86. The van der Waals surface area contributed by atoms with Crippen molar-refractivity contribution in [3.05, 3.63) is 53.3 Å². The summed E-state index contributed by atoms with van der Waals surface area (Å²) in [5.74, 6) is -0.0579. The molecule has 1 aromatic carbocycles. The topological polar surface area (TPSA) is 68.8 Å². The molecular weight excluding hydrogens is 354 g/mol. The van der Waals surface area contributed by atoms with Gasteiger partial charge in [0.2, 0.25) is 0 Å². The molecule has 4 rings (SSSR count). The van der Waals surface area contributed by atoms with Gasteiger partial charge in [-0.25, -0.2) is 9.78 Å². The molecule has 0 unspecified atom stereocenters. The van der Waals surface area contributed by atoms with Gasteiger partial charge in [0.1, 0.15) is 5.69 Å². The third-order valence-electron chi connectivity index (χ3n) is 5.27. The van der Waals surface area contributed by atoms with Crippen molar-refractivity contribution in [1.82, 2.24) is 15.2 Å². The molecule has 7 heteroatoms. The van der Waals surface area contributed by atoms with Gasteiger partial charge in [-0.1, -0.05) is 6.07 Å². The zero-order chi connectivity index (χ0) is 19.7. The monoisotopic (exact) mass is 379 g/mol. The zero-order valence-corrected chi connectivity index (χ0v) is 16.3. The first kappa shape index (κ1) is 18.3. The Morgan fingerprint density at radius 2 is 1.68 bits per heavy atom. The predicted octanol–water partition coefficient (Wildman–Crippen LogP) is 2.19. The van der Waals surface area contributed by atoms with Crippen LogP contribution < -0.4 is 15.1 Å². The Balaban J connectivity index is 1.39. The number of carbonyl (C=O) groups is 2. The van der Waals surface area contributed by atoms with E-state index in [0.29, 0.717) is 37.6 Å². The number of piperazine rings is 1. The summed E-state index contributed by atoms with van der Waals surface area (Å²) in [6, 6.07) is 9.93. The molecule has 0 aliphatic carbocycles. The van der Waals surface area contributed by atoms with Crippen LogP contribution >= 0.6 is 0 Å². The molecule has 2 fully saturated rings. The maximum atomic E-state index is 12.8. The summed E-state index contributed by atoms with van der Waals surface area (Å²) < 4.78 is 0. The molecule has 3 amide bonds. The van der Waals surface area contributed by atoms with E-state index < -0.39 is 0 Å². The molecule has 0 atom stereocenters. The van der Waals surface area contributed by atoms with Gasteiger partial charge in [0, 0.05) is 45.0 Å². The Hall–Kier alpha value is -3.09. The van der Waals surface area contributed by atoms with E-state index in [-0.39, 0.29) is 11.9 Å². The lowest BCUT2D eigenvalue weighted by Gasteiger charge is -2.36. The smallest absolute Gasteiger partial charge is 0.322 e. The average Bonchev–Trinajstić information content (AvgIpc) is 3.13. The highest BCUT2D eigenvalue weighted by atomic mass is 16.2. The first-order valence-electron chi connectivity index (χ1n) is 9.65. The Morgan fingerprint density at radius 1 is 0.964 bits per heavy atom. The minimum absolute atomic E-state index is 0.0579. The molecular formula is C21H25N5O2. The molecule has 0 spiro atoms. The van der Waals surface area contributed by atoms with Gasteiger partial charge in [0.15, 0.2) is 0 Å². The van der Waals surface area contributed by atoms with E-state index in [9.17, 15) is 9.59 Å². The SMILES string of the molecule is Cc1cc(C)cc(N2CCN(C(=O)c3ccc(N4CCNC4=O)cn3)CC2)c1. The largest absolute Gasteiger partial charge is 0.368 e. The molecule has 2 aromatic rings. The molecule has 1 N–H and O–H groups in total. The Labute approximate surface area is 164 Å². The summed E-state index contributed by atoms with van der Waals surface area (Å²) in [6.45, 7) is 8.42. The lowest BCUT2D eigenvalue weighted by atomic mass is 10.1. The normalized spacial score (nSPS) is 17.1. The van der Waals surface area contributed by atoms with E-state index in [0.717, 1.165) is 13.1 Å². The van der Waals surface area contributed by atoms with Crippen molar-refractivity contribution in [1.29, 1.82) is 0 Å². The highest BCUT2D eigenvalue weighted by molar-refractivity contribution is 5.95. The third-order valence-corrected chi connectivity index (χ3v) is 5.27. The Morgan fingerprint density at radius 3 is 2.25 bits per heavy atom. The second-order valence-electron chi connectivity index (χ2n) is 7.41. The van der Waals surface area contributed by atoms with E-state index in [1.165, 1.54) is 16.8 Å². The highest BCUT2D eigenvalue weighted by Gasteiger charge is 2.25. The van der Waals surface area contributed by atoms with Crippen LogP contribution in [0.3, 0.4) is 0 Å². The number of benzene rings is 1. The zero-order valence-electron chi connectivity index (χ0n) is 16.3. The van der Waals surface area contributed by atoms with Crippen molar-refractivity contribution in [2.45, 2.75) is 13.8 Å². The lowest BCUT2D eigenvalue weighted by Crippen LogP contribution is -2.49. The predicted molar refractivity (Wildman–Crippen MR) is 109 cm³/mol. The number of anilines is 2. The molecule has 7 nitrogen and oxygen atoms in total. The Kier molecular flexibility index (Phi) is 4.90. The number of amides is 3. The van der Waals surface area contributed by atoms with Crippen LogP contribution in [0.15, 0.2) is 36.5 Å². The number of nitrogens with one attached hydrogen (secondary N) is 1. The first-order chi connectivity index (χ1) is 13.5. The van der Waals surface area contributed by atoms with E-state index in [1.54, 1.807) is 23.2 Å². The fraction of sp³-hybridized carbons (Fsp3) is 0.381. The molecule has 28 heavy (non-hydrogen) atoms. The van der Waals surface area contributed by atoms with Crippen LogP contribution in [0.5, 0.6) is 0 Å². The van der Waals surface area contributed by atoms with Gasteiger partial charge < -0.3 is 15.1 Å². The summed E-state index contributed by atoms with van der Waals surface area (Å²) >= 11 is 0. The van der Waals surface area contributed by atoms with E-state index >= 15 is 0 Å². The van der Waals surface area contributed by atoms with Crippen LogP contribution in [-0.2, 0) is 0 Å². The molecule has 0 saturated carbocycles. The fourth-order valence-corrected chi connectivity index (χ4v) is 3.85. The number of aromatic nitrogens is 1. The minimum atomic E-state index is -0.122. The van der Waals surface area contributed by atoms with Crippen molar-refractivity contribution in [2.75, 3.05) is 49.1 Å². The standard InChI is InChI=1S/C21H25N5O2/c1-15-11-16(2)13-18(12-15)24-7-9-25(10-8-24)20(27)19-4-3-17(14-23-19)26-6-5-22-21(26)28/h3-4,11-14H,5-10H2,1-2H3,(H,22,28). The van der Waals surface area contributed by atoms with E-state index in [4.69, 9.17) is 0 Å². The van der Waals surface area contributed by atoms with Crippen molar-refractivity contribution in [3.8, 4) is 0 Å². The van der Waals surface area contributed by atoms with Gasteiger partial charge in [-0.3, -0.25) is 9.69 Å². The van der Waals surface area contributed by atoms with Crippen LogP contribution in [0.1, 0.15) is 21.6 Å². The van der Waals surface area contributed by atoms with Crippen LogP contribution in [0.2, 0.25) is 0 Å². The molecule has 1 aromatic heterocycles. The van der Waals surface area contributed by atoms with E-state index in [1.807, 2.05) is 4.90 Å². The number of nitrogens with zero attached hydrogens (tertiary/aromatic N) is 4.